The van der Waals surface area contributed by atoms with Gasteiger partial charge in [-0.25, -0.2) is 9.97 Å². The molecule has 10 rings (SSSR count). The first-order valence-electron chi connectivity index (χ1n) is 15.2. The molecule has 208 valence electrons. The third kappa shape index (κ3) is 3.75. The maximum Gasteiger partial charge on any atom is 0.0973 e. The molecule has 0 saturated carbocycles. The van der Waals surface area contributed by atoms with Crippen molar-refractivity contribution in [3.8, 4) is 22.5 Å². The normalized spacial score (nSPS) is 12.0. The first-order valence-corrected chi connectivity index (χ1v) is 16.1. The minimum Gasteiger partial charge on any atom is -0.244 e. The van der Waals surface area contributed by atoms with Crippen LogP contribution in [0, 0.1) is 0 Å². The Morgan fingerprint density at radius 1 is 0.378 bits per heavy atom. The monoisotopic (exact) mass is 588 g/mol. The van der Waals surface area contributed by atoms with Crippen molar-refractivity contribution < 1.29 is 0 Å². The van der Waals surface area contributed by atoms with Crippen LogP contribution in [0.25, 0.3) is 96.8 Å². The Balaban J connectivity index is 1.25. The maximum atomic E-state index is 5.36. The van der Waals surface area contributed by atoms with E-state index >= 15 is 0 Å². The topological polar surface area (TPSA) is 25.8 Å². The van der Waals surface area contributed by atoms with Gasteiger partial charge in [-0.3, -0.25) is 0 Å². The number of nitrogens with zero attached hydrogens (tertiary/aromatic N) is 2. The number of aromatic nitrogens is 2. The summed E-state index contributed by atoms with van der Waals surface area (Å²) in [6.07, 6.45) is 0. The Morgan fingerprint density at radius 3 is 1.98 bits per heavy atom. The van der Waals surface area contributed by atoms with Gasteiger partial charge in [0.25, 0.3) is 0 Å². The molecule has 0 spiro atoms. The lowest BCUT2D eigenvalue weighted by atomic mass is 9.93. The zero-order chi connectivity index (χ0) is 29.5. The van der Waals surface area contributed by atoms with Crippen molar-refractivity contribution in [3.05, 3.63) is 146 Å². The molecule has 0 aliphatic heterocycles. The van der Waals surface area contributed by atoms with E-state index in [1.54, 1.807) is 0 Å². The largest absolute Gasteiger partial charge is 0.244 e. The predicted molar refractivity (Wildman–Crippen MR) is 193 cm³/mol. The Bertz CT molecular complexity index is 2810. The molecule has 8 aromatic carbocycles. The number of rotatable bonds is 2. The van der Waals surface area contributed by atoms with Crippen molar-refractivity contribution in [2.24, 2.45) is 0 Å². The molecule has 0 atom stereocenters. The average molecular weight is 589 g/mol. The molecule has 0 amide bonds. The van der Waals surface area contributed by atoms with E-state index < -0.39 is 0 Å². The molecule has 0 aliphatic carbocycles. The third-order valence-corrected chi connectivity index (χ3v) is 10.3. The van der Waals surface area contributed by atoms with Gasteiger partial charge in [0, 0.05) is 36.7 Å². The Morgan fingerprint density at radius 2 is 1.09 bits per heavy atom. The molecule has 10 aromatic rings. The number of hydrogen-bond acceptors (Lipinski definition) is 3. The van der Waals surface area contributed by atoms with Crippen molar-refractivity contribution in [1.29, 1.82) is 0 Å². The fourth-order valence-electron chi connectivity index (χ4n) is 7.04. The summed E-state index contributed by atoms with van der Waals surface area (Å²) in [5.74, 6) is 0. The first-order chi connectivity index (χ1) is 22.3. The van der Waals surface area contributed by atoms with Gasteiger partial charge in [-0.2, -0.15) is 0 Å². The highest BCUT2D eigenvalue weighted by molar-refractivity contribution is 7.25. The maximum absolute atomic E-state index is 5.36. The van der Waals surface area contributed by atoms with Gasteiger partial charge in [-0.15, -0.1) is 11.3 Å². The summed E-state index contributed by atoms with van der Waals surface area (Å²) in [6.45, 7) is 0. The van der Waals surface area contributed by atoms with Crippen molar-refractivity contribution in [3.63, 3.8) is 0 Å². The predicted octanol–water partition coefficient (Wildman–Crippen LogP) is 11.9. The van der Waals surface area contributed by atoms with E-state index in [0.717, 1.165) is 38.9 Å². The van der Waals surface area contributed by atoms with E-state index in [2.05, 4.69) is 140 Å². The summed E-state index contributed by atoms with van der Waals surface area (Å²) >= 11 is 1.87. The molecular formula is C42H24N2S. The molecule has 0 radical (unpaired) electrons. The molecule has 0 unspecified atom stereocenters. The molecule has 0 aliphatic rings. The van der Waals surface area contributed by atoms with E-state index in [1.807, 2.05) is 17.4 Å². The number of hydrogen-bond donors (Lipinski definition) is 0. The first kappa shape index (κ1) is 24.8. The van der Waals surface area contributed by atoms with Crippen molar-refractivity contribution >= 4 is 85.6 Å². The molecule has 0 saturated heterocycles. The van der Waals surface area contributed by atoms with Crippen molar-refractivity contribution in [2.45, 2.75) is 0 Å². The van der Waals surface area contributed by atoms with E-state index in [9.17, 15) is 0 Å². The fourth-order valence-corrected chi connectivity index (χ4v) is 8.18. The lowest BCUT2D eigenvalue weighted by Gasteiger charge is -2.14. The summed E-state index contributed by atoms with van der Waals surface area (Å²) in [5, 5.41) is 12.5. The molecule has 0 bridgehead atoms. The molecular weight excluding hydrogens is 565 g/mol. The van der Waals surface area contributed by atoms with Crippen LogP contribution in [-0.4, -0.2) is 9.97 Å². The van der Waals surface area contributed by atoms with Crippen LogP contribution in [-0.2, 0) is 0 Å². The molecule has 2 nitrogen and oxygen atoms in total. The highest BCUT2D eigenvalue weighted by Gasteiger charge is 2.16. The van der Waals surface area contributed by atoms with Gasteiger partial charge in [0.05, 0.1) is 22.4 Å². The average Bonchev–Trinajstić information content (AvgIpc) is 3.47. The van der Waals surface area contributed by atoms with Gasteiger partial charge < -0.3 is 0 Å². The summed E-state index contributed by atoms with van der Waals surface area (Å²) in [6, 6.07) is 52.4. The van der Waals surface area contributed by atoms with Crippen LogP contribution in [0.4, 0.5) is 0 Å². The molecule has 2 heterocycles. The SMILES string of the molecule is c1ccc(-c2nc3ccc4ccccc4c3nc2-c2ccc3c(ccc4ccc5cc6sc7ccccc7c6cc5c43)c2)cc1. The Kier molecular flexibility index (Phi) is 5.19. The second-order valence-corrected chi connectivity index (χ2v) is 12.9. The lowest BCUT2D eigenvalue weighted by Crippen LogP contribution is -1.96. The molecule has 3 heteroatoms. The quantitative estimate of drug-likeness (QED) is 0.188. The van der Waals surface area contributed by atoms with E-state index in [-0.39, 0.29) is 0 Å². The smallest absolute Gasteiger partial charge is 0.0973 e. The summed E-state index contributed by atoms with van der Waals surface area (Å²) in [5.41, 5.74) is 5.76. The standard InChI is InChI=1S/C42H24N2S/c1-2-9-27(10-3-1)40-41(44-42-32-11-5-4-8-25(32)19-21-36(42)43-40)30-18-20-31-28(22-30)16-14-26-15-17-29-23-38-35(24-34(29)39(26)31)33-12-6-7-13-37(33)45-38/h1-24H. The van der Waals surface area contributed by atoms with Crippen LogP contribution < -0.4 is 0 Å². The second-order valence-electron chi connectivity index (χ2n) is 11.8. The van der Waals surface area contributed by atoms with Gasteiger partial charge in [-0.1, -0.05) is 115 Å². The number of thiophene rings is 1. The van der Waals surface area contributed by atoms with Crippen LogP contribution in [0.2, 0.25) is 0 Å². The minimum atomic E-state index is 0.899. The van der Waals surface area contributed by atoms with Crippen LogP contribution in [0.15, 0.2) is 146 Å². The minimum absolute atomic E-state index is 0.899. The molecule has 45 heavy (non-hydrogen) atoms. The summed E-state index contributed by atoms with van der Waals surface area (Å²) in [7, 11) is 0. The van der Waals surface area contributed by atoms with Crippen molar-refractivity contribution in [2.75, 3.05) is 0 Å². The van der Waals surface area contributed by atoms with Crippen molar-refractivity contribution in [1.82, 2.24) is 9.97 Å². The number of fused-ring (bicyclic) bond motifs is 11. The van der Waals surface area contributed by atoms with Gasteiger partial charge in [0.15, 0.2) is 0 Å². The van der Waals surface area contributed by atoms with Crippen LogP contribution in [0.3, 0.4) is 0 Å². The van der Waals surface area contributed by atoms with Gasteiger partial charge >= 0.3 is 0 Å². The summed E-state index contributed by atoms with van der Waals surface area (Å²) in [4.78, 5) is 10.6. The third-order valence-electron chi connectivity index (χ3n) is 9.19. The van der Waals surface area contributed by atoms with Gasteiger partial charge in [0.1, 0.15) is 0 Å². The van der Waals surface area contributed by atoms with Crippen LogP contribution in [0.5, 0.6) is 0 Å². The zero-order valence-corrected chi connectivity index (χ0v) is 25.0. The fraction of sp³-hybridized carbons (Fsp3) is 0. The van der Waals surface area contributed by atoms with E-state index in [4.69, 9.17) is 9.97 Å². The van der Waals surface area contributed by atoms with Crippen LogP contribution >= 0.6 is 11.3 Å². The van der Waals surface area contributed by atoms with E-state index in [0.29, 0.717) is 0 Å². The number of benzene rings is 8. The highest BCUT2D eigenvalue weighted by Crippen LogP contribution is 2.41. The highest BCUT2D eigenvalue weighted by atomic mass is 32.1. The molecule has 0 N–H and O–H groups in total. The van der Waals surface area contributed by atoms with Gasteiger partial charge in [0.2, 0.25) is 0 Å². The Labute approximate surface area is 262 Å². The Hall–Kier alpha value is -5.64. The molecule has 2 aromatic heterocycles. The lowest BCUT2D eigenvalue weighted by molar-refractivity contribution is 1.30. The van der Waals surface area contributed by atoms with Crippen LogP contribution in [0.1, 0.15) is 0 Å². The van der Waals surface area contributed by atoms with Gasteiger partial charge in [-0.05, 0) is 68.0 Å². The molecule has 0 fully saturated rings. The second kappa shape index (κ2) is 9.43. The summed E-state index contributed by atoms with van der Waals surface area (Å²) < 4.78 is 2.67. The zero-order valence-electron chi connectivity index (χ0n) is 24.2. The van der Waals surface area contributed by atoms with E-state index in [1.165, 1.54) is 57.9 Å².